The smallest absolute Gasteiger partial charge is 0.337 e. The molecule has 0 aromatic heterocycles. The van der Waals surface area contributed by atoms with Crippen LogP contribution in [-0.4, -0.2) is 18.7 Å². The van der Waals surface area contributed by atoms with E-state index < -0.39 is 0 Å². The maximum absolute atomic E-state index is 11.1. The van der Waals surface area contributed by atoms with E-state index >= 15 is 0 Å². The molecule has 1 unspecified atom stereocenters. The summed E-state index contributed by atoms with van der Waals surface area (Å²) in [5.41, 5.74) is 0.656. The summed E-state index contributed by atoms with van der Waals surface area (Å²) in [4.78, 5) is 11.1. The van der Waals surface area contributed by atoms with Crippen molar-refractivity contribution in [2.24, 2.45) is 0 Å². The number of hydrogen-bond donors (Lipinski definition) is 0. The van der Waals surface area contributed by atoms with Gasteiger partial charge in [0.25, 0.3) is 0 Å². The highest BCUT2D eigenvalue weighted by Crippen LogP contribution is 2.20. The quantitative estimate of drug-likeness (QED) is 0.604. The molecule has 0 fully saturated rings. The summed E-state index contributed by atoms with van der Waals surface area (Å²) in [5, 5.41) is 0. The fraction of sp³-hybridized carbons (Fsp3) is 0.667. The summed E-state index contributed by atoms with van der Waals surface area (Å²) in [6.45, 7) is 4.26. The first-order valence-electron chi connectivity index (χ1n) is 4.29. The second-order valence-electron chi connectivity index (χ2n) is 2.73. The molecule has 1 heterocycles. The molecular formula is C9H14O3. The van der Waals surface area contributed by atoms with Crippen LogP contribution in [0.25, 0.3) is 0 Å². The fourth-order valence-electron chi connectivity index (χ4n) is 1.12. The molecule has 0 aromatic rings. The standard InChI is InChI=1S/C9H14O3/c1-3-8-5-7(6-12-8)9(10)11-4-2/h6,8H,3-5H2,1-2H3. The van der Waals surface area contributed by atoms with Gasteiger partial charge in [-0.1, -0.05) is 6.92 Å². The molecule has 68 valence electrons. The lowest BCUT2D eigenvalue weighted by Crippen LogP contribution is -2.09. The van der Waals surface area contributed by atoms with E-state index in [1.165, 1.54) is 6.26 Å². The number of esters is 1. The van der Waals surface area contributed by atoms with E-state index in [9.17, 15) is 4.79 Å². The summed E-state index contributed by atoms with van der Waals surface area (Å²) >= 11 is 0. The van der Waals surface area contributed by atoms with Crippen molar-refractivity contribution in [3.63, 3.8) is 0 Å². The lowest BCUT2D eigenvalue weighted by Gasteiger charge is -2.05. The Morgan fingerprint density at radius 2 is 2.50 bits per heavy atom. The molecule has 1 aliphatic rings. The van der Waals surface area contributed by atoms with Crippen LogP contribution < -0.4 is 0 Å². The van der Waals surface area contributed by atoms with Gasteiger partial charge in [-0.3, -0.25) is 0 Å². The third-order valence-electron chi connectivity index (χ3n) is 1.84. The molecule has 0 spiro atoms. The minimum absolute atomic E-state index is 0.171. The highest BCUT2D eigenvalue weighted by atomic mass is 16.5. The zero-order chi connectivity index (χ0) is 8.97. The van der Waals surface area contributed by atoms with Gasteiger partial charge in [0.05, 0.1) is 18.4 Å². The second-order valence-corrected chi connectivity index (χ2v) is 2.73. The van der Waals surface area contributed by atoms with Gasteiger partial charge in [-0.25, -0.2) is 4.79 Å². The third-order valence-corrected chi connectivity index (χ3v) is 1.84. The van der Waals surface area contributed by atoms with Crippen LogP contribution in [0.5, 0.6) is 0 Å². The summed E-state index contributed by atoms with van der Waals surface area (Å²) in [7, 11) is 0. The van der Waals surface area contributed by atoms with Crippen LogP contribution >= 0.6 is 0 Å². The molecule has 0 saturated heterocycles. The van der Waals surface area contributed by atoms with E-state index in [0.717, 1.165) is 6.42 Å². The monoisotopic (exact) mass is 170 g/mol. The van der Waals surface area contributed by atoms with Gasteiger partial charge in [-0.2, -0.15) is 0 Å². The first-order valence-corrected chi connectivity index (χ1v) is 4.29. The molecule has 0 amide bonds. The van der Waals surface area contributed by atoms with E-state index in [4.69, 9.17) is 9.47 Å². The minimum Gasteiger partial charge on any atom is -0.497 e. The van der Waals surface area contributed by atoms with E-state index in [1.807, 2.05) is 6.92 Å². The Morgan fingerprint density at radius 3 is 3.00 bits per heavy atom. The number of carbonyl (C=O) groups excluding carboxylic acids is 1. The van der Waals surface area contributed by atoms with Gasteiger partial charge in [-0.05, 0) is 13.3 Å². The zero-order valence-electron chi connectivity index (χ0n) is 7.50. The zero-order valence-corrected chi connectivity index (χ0v) is 7.50. The molecule has 0 aliphatic carbocycles. The molecule has 0 N–H and O–H groups in total. The second kappa shape index (κ2) is 4.14. The fourth-order valence-corrected chi connectivity index (χ4v) is 1.12. The SMILES string of the molecule is CCOC(=O)C1=COC(CC)C1. The molecule has 1 atom stereocenters. The number of carbonyl (C=O) groups is 1. The largest absolute Gasteiger partial charge is 0.497 e. The summed E-state index contributed by atoms with van der Waals surface area (Å²) in [5.74, 6) is -0.242. The van der Waals surface area contributed by atoms with E-state index in [-0.39, 0.29) is 12.1 Å². The molecule has 3 nitrogen and oxygen atoms in total. The topological polar surface area (TPSA) is 35.5 Å². The average molecular weight is 170 g/mol. The Balaban J connectivity index is 2.40. The van der Waals surface area contributed by atoms with Crippen LogP contribution in [0.4, 0.5) is 0 Å². The van der Waals surface area contributed by atoms with Crippen LogP contribution in [0.1, 0.15) is 26.7 Å². The molecule has 1 rings (SSSR count). The van der Waals surface area contributed by atoms with Crippen molar-refractivity contribution in [2.75, 3.05) is 6.61 Å². The maximum atomic E-state index is 11.1. The molecule has 3 heteroatoms. The summed E-state index contributed by atoms with van der Waals surface area (Å²) in [6.07, 6.45) is 3.31. The Labute approximate surface area is 72.4 Å². The molecule has 12 heavy (non-hydrogen) atoms. The Hall–Kier alpha value is -0.990. The predicted octanol–water partition coefficient (Wildman–Crippen LogP) is 1.63. The van der Waals surface area contributed by atoms with Crippen molar-refractivity contribution in [3.8, 4) is 0 Å². The van der Waals surface area contributed by atoms with Gasteiger partial charge in [0.1, 0.15) is 6.10 Å². The first kappa shape index (κ1) is 9.10. The van der Waals surface area contributed by atoms with Crippen LogP contribution in [0, 0.1) is 0 Å². The van der Waals surface area contributed by atoms with Crippen LogP contribution in [0.15, 0.2) is 11.8 Å². The van der Waals surface area contributed by atoms with E-state index in [0.29, 0.717) is 18.6 Å². The molecular weight excluding hydrogens is 156 g/mol. The van der Waals surface area contributed by atoms with Crippen molar-refractivity contribution in [2.45, 2.75) is 32.8 Å². The number of hydrogen-bond acceptors (Lipinski definition) is 3. The van der Waals surface area contributed by atoms with Crippen molar-refractivity contribution in [3.05, 3.63) is 11.8 Å². The summed E-state index contributed by atoms with van der Waals surface area (Å²) in [6, 6.07) is 0. The van der Waals surface area contributed by atoms with Crippen molar-refractivity contribution in [1.29, 1.82) is 0 Å². The van der Waals surface area contributed by atoms with Gasteiger partial charge < -0.3 is 9.47 Å². The number of ether oxygens (including phenoxy) is 2. The Bertz CT molecular complexity index is 196. The molecule has 0 saturated carbocycles. The summed E-state index contributed by atoms with van der Waals surface area (Å²) < 4.78 is 10.1. The van der Waals surface area contributed by atoms with Gasteiger partial charge in [0.15, 0.2) is 0 Å². The lowest BCUT2D eigenvalue weighted by molar-refractivity contribution is -0.138. The van der Waals surface area contributed by atoms with Gasteiger partial charge >= 0.3 is 5.97 Å². The van der Waals surface area contributed by atoms with Gasteiger partial charge in [-0.15, -0.1) is 0 Å². The molecule has 0 radical (unpaired) electrons. The average Bonchev–Trinajstić information content (AvgIpc) is 2.52. The molecule has 0 bridgehead atoms. The van der Waals surface area contributed by atoms with Gasteiger partial charge in [0.2, 0.25) is 0 Å². The van der Waals surface area contributed by atoms with Gasteiger partial charge in [0, 0.05) is 6.42 Å². The number of rotatable bonds is 3. The Morgan fingerprint density at radius 1 is 1.75 bits per heavy atom. The molecule has 0 aromatic carbocycles. The van der Waals surface area contributed by atoms with Crippen molar-refractivity contribution in [1.82, 2.24) is 0 Å². The lowest BCUT2D eigenvalue weighted by atomic mass is 10.1. The Kier molecular flexibility index (Phi) is 3.14. The maximum Gasteiger partial charge on any atom is 0.337 e. The van der Waals surface area contributed by atoms with Crippen molar-refractivity contribution < 1.29 is 14.3 Å². The van der Waals surface area contributed by atoms with Crippen LogP contribution in [0.2, 0.25) is 0 Å². The van der Waals surface area contributed by atoms with Crippen LogP contribution in [-0.2, 0) is 14.3 Å². The van der Waals surface area contributed by atoms with E-state index in [2.05, 4.69) is 0 Å². The van der Waals surface area contributed by atoms with E-state index in [1.54, 1.807) is 6.92 Å². The first-order chi connectivity index (χ1) is 5.77. The molecule has 1 aliphatic heterocycles. The predicted molar refractivity (Wildman–Crippen MR) is 44.5 cm³/mol. The van der Waals surface area contributed by atoms with Crippen molar-refractivity contribution >= 4 is 5.97 Å². The minimum atomic E-state index is -0.242. The highest BCUT2D eigenvalue weighted by Gasteiger charge is 2.22. The highest BCUT2D eigenvalue weighted by molar-refractivity contribution is 5.88. The van der Waals surface area contributed by atoms with Crippen LogP contribution in [0.3, 0.4) is 0 Å². The third kappa shape index (κ3) is 2.00. The normalized spacial score (nSPS) is 21.5.